The molecule has 0 aliphatic rings. The Kier molecular flexibility index (Phi) is 13.6. The number of unbranched alkanes of at least 4 members (excludes halogenated alkanes) is 2. The average Bonchev–Trinajstić information content (AvgIpc) is 2.76. The van der Waals surface area contributed by atoms with E-state index in [4.69, 9.17) is 5.11 Å². The van der Waals surface area contributed by atoms with Crippen LogP contribution in [0.3, 0.4) is 0 Å². The summed E-state index contributed by atoms with van der Waals surface area (Å²) in [6, 6.07) is 0. The summed E-state index contributed by atoms with van der Waals surface area (Å²) < 4.78 is 0. The zero-order valence-electron chi connectivity index (χ0n) is 12.5. The Morgan fingerprint density at radius 2 is 1.78 bits per heavy atom. The largest absolute Gasteiger partial charge is 0.477 e. The molecule has 0 aliphatic carbocycles. The molecule has 4 heteroatoms. The van der Waals surface area contributed by atoms with Crippen LogP contribution in [-0.4, -0.2) is 16.1 Å². The number of aromatic carboxylic acids is 1. The van der Waals surface area contributed by atoms with Gasteiger partial charge in [0.15, 0.2) is 0 Å². The van der Waals surface area contributed by atoms with E-state index in [0.717, 1.165) is 36.4 Å². The normalized spacial score (nSPS) is 8.78. The number of nitrogens with zero attached hydrogens (tertiary/aromatic N) is 1. The summed E-state index contributed by atoms with van der Waals surface area (Å²) in [4.78, 5) is 15.5. The Bertz CT molecular complexity index is 322. The Morgan fingerprint density at radius 3 is 2.22 bits per heavy atom. The lowest BCUT2D eigenvalue weighted by molar-refractivity contribution is 0.0700. The standard InChI is InChI=1S/C10H15NO2S.2C2H6/c1-3-4-5-6-8-9(10(12)13)14-7(2)11-8;2*1-2/h3-6H2,1-2H3,(H,12,13);2*1-2H3. The van der Waals surface area contributed by atoms with Crippen LogP contribution in [0.2, 0.25) is 0 Å². The highest BCUT2D eigenvalue weighted by Crippen LogP contribution is 2.19. The van der Waals surface area contributed by atoms with Crippen molar-refractivity contribution in [1.82, 2.24) is 4.98 Å². The van der Waals surface area contributed by atoms with Gasteiger partial charge in [-0.1, -0.05) is 47.5 Å². The Morgan fingerprint density at radius 1 is 1.22 bits per heavy atom. The number of hydrogen-bond donors (Lipinski definition) is 1. The van der Waals surface area contributed by atoms with Gasteiger partial charge in [0.05, 0.1) is 10.7 Å². The number of aromatic nitrogens is 1. The predicted octanol–water partition coefficient (Wildman–Crippen LogP) is 4.93. The van der Waals surface area contributed by atoms with Crippen molar-refractivity contribution in [3.63, 3.8) is 0 Å². The summed E-state index contributed by atoms with van der Waals surface area (Å²) in [5.74, 6) is -0.845. The summed E-state index contributed by atoms with van der Waals surface area (Å²) in [7, 11) is 0. The number of rotatable bonds is 5. The van der Waals surface area contributed by atoms with E-state index in [1.807, 2.05) is 34.6 Å². The molecular formula is C14H27NO2S. The lowest BCUT2D eigenvalue weighted by atomic mass is 10.1. The van der Waals surface area contributed by atoms with Gasteiger partial charge in [0.2, 0.25) is 0 Å². The van der Waals surface area contributed by atoms with Crippen molar-refractivity contribution in [3.05, 3.63) is 15.6 Å². The lowest BCUT2D eigenvalue weighted by Gasteiger charge is -1.97. The van der Waals surface area contributed by atoms with Gasteiger partial charge in [-0.25, -0.2) is 9.78 Å². The molecule has 1 aromatic heterocycles. The quantitative estimate of drug-likeness (QED) is 0.773. The first-order valence-corrected chi connectivity index (χ1v) is 7.66. The van der Waals surface area contributed by atoms with Crippen LogP contribution in [0.1, 0.15) is 74.3 Å². The second-order valence-corrected chi connectivity index (χ2v) is 4.47. The summed E-state index contributed by atoms with van der Waals surface area (Å²) in [6.45, 7) is 12.0. The minimum atomic E-state index is -0.845. The van der Waals surface area contributed by atoms with Crippen molar-refractivity contribution in [2.24, 2.45) is 0 Å². The first-order chi connectivity index (χ1) is 8.65. The molecule has 0 radical (unpaired) electrons. The molecule has 0 unspecified atom stereocenters. The molecule has 106 valence electrons. The number of hydrogen-bond acceptors (Lipinski definition) is 3. The van der Waals surface area contributed by atoms with Gasteiger partial charge >= 0.3 is 5.97 Å². The van der Waals surface area contributed by atoms with Crippen molar-refractivity contribution in [1.29, 1.82) is 0 Å². The second kappa shape index (κ2) is 12.6. The topological polar surface area (TPSA) is 50.2 Å². The van der Waals surface area contributed by atoms with Crippen LogP contribution in [0.15, 0.2) is 0 Å². The third kappa shape index (κ3) is 7.43. The number of thiazole rings is 1. The van der Waals surface area contributed by atoms with Crippen LogP contribution in [0.4, 0.5) is 0 Å². The van der Waals surface area contributed by atoms with E-state index < -0.39 is 5.97 Å². The third-order valence-electron chi connectivity index (χ3n) is 2.02. The molecule has 3 nitrogen and oxygen atoms in total. The molecule has 0 fully saturated rings. The Hall–Kier alpha value is -0.900. The van der Waals surface area contributed by atoms with Crippen molar-refractivity contribution >= 4 is 17.3 Å². The summed E-state index contributed by atoms with van der Waals surface area (Å²) in [6.07, 6.45) is 4.10. The maximum Gasteiger partial charge on any atom is 0.347 e. The Balaban J connectivity index is 0. The van der Waals surface area contributed by atoms with Gasteiger partial charge in [-0.2, -0.15) is 0 Å². The van der Waals surface area contributed by atoms with Gasteiger partial charge < -0.3 is 5.11 Å². The van der Waals surface area contributed by atoms with Crippen LogP contribution in [0.5, 0.6) is 0 Å². The molecule has 1 aromatic rings. The van der Waals surface area contributed by atoms with Gasteiger partial charge in [0.1, 0.15) is 4.88 Å². The predicted molar refractivity (Wildman–Crippen MR) is 79.7 cm³/mol. The maximum atomic E-state index is 10.8. The Labute approximate surface area is 115 Å². The fourth-order valence-electron chi connectivity index (χ4n) is 1.35. The van der Waals surface area contributed by atoms with Crippen LogP contribution in [0.25, 0.3) is 0 Å². The summed E-state index contributed by atoms with van der Waals surface area (Å²) in [5, 5.41) is 9.75. The molecule has 0 saturated heterocycles. The number of aryl methyl sites for hydroxylation is 2. The SMILES string of the molecule is CC.CC.CCCCCc1nc(C)sc1C(=O)O. The zero-order chi connectivity index (χ0) is 14.6. The molecule has 0 amide bonds. The van der Waals surface area contributed by atoms with Crippen molar-refractivity contribution in [3.8, 4) is 0 Å². The second-order valence-electron chi connectivity index (χ2n) is 3.27. The van der Waals surface area contributed by atoms with Crippen molar-refractivity contribution in [2.45, 2.75) is 67.2 Å². The molecule has 0 bridgehead atoms. The van der Waals surface area contributed by atoms with E-state index in [9.17, 15) is 4.79 Å². The molecule has 1 heterocycles. The molecule has 0 spiro atoms. The average molecular weight is 273 g/mol. The molecule has 18 heavy (non-hydrogen) atoms. The van der Waals surface area contributed by atoms with Crippen LogP contribution in [0, 0.1) is 6.92 Å². The molecule has 1 rings (SSSR count). The zero-order valence-corrected chi connectivity index (χ0v) is 13.4. The van der Waals surface area contributed by atoms with Gasteiger partial charge in [0, 0.05) is 0 Å². The smallest absolute Gasteiger partial charge is 0.347 e. The first-order valence-electron chi connectivity index (χ1n) is 6.84. The monoisotopic (exact) mass is 273 g/mol. The van der Waals surface area contributed by atoms with Gasteiger partial charge in [-0.05, 0) is 19.8 Å². The van der Waals surface area contributed by atoms with E-state index in [2.05, 4.69) is 11.9 Å². The first kappa shape index (κ1) is 19.4. The van der Waals surface area contributed by atoms with E-state index in [0.29, 0.717) is 4.88 Å². The minimum absolute atomic E-state index is 0.415. The highest BCUT2D eigenvalue weighted by molar-refractivity contribution is 7.13. The molecule has 0 aromatic carbocycles. The van der Waals surface area contributed by atoms with Gasteiger partial charge in [-0.15, -0.1) is 11.3 Å². The third-order valence-corrected chi connectivity index (χ3v) is 3.02. The summed E-state index contributed by atoms with van der Waals surface area (Å²) in [5.41, 5.74) is 0.758. The van der Waals surface area contributed by atoms with Gasteiger partial charge in [-0.3, -0.25) is 0 Å². The van der Waals surface area contributed by atoms with Crippen LogP contribution >= 0.6 is 11.3 Å². The molecule has 0 saturated carbocycles. The van der Waals surface area contributed by atoms with Crippen LogP contribution in [-0.2, 0) is 6.42 Å². The number of carbonyl (C=O) groups is 1. The van der Waals surface area contributed by atoms with E-state index in [1.54, 1.807) is 0 Å². The van der Waals surface area contributed by atoms with Crippen molar-refractivity contribution < 1.29 is 9.90 Å². The lowest BCUT2D eigenvalue weighted by Crippen LogP contribution is -1.99. The van der Waals surface area contributed by atoms with Crippen molar-refractivity contribution in [2.75, 3.05) is 0 Å². The minimum Gasteiger partial charge on any atom is -0.477 e. The molecule has 0 atom stereocenters. The molecular weight excluding hydrogens is 246 g/mol. The van der Waals surface area contributed by atoms with E-state index >= 15 is 0 Å². The highest BCUT2D eigenvalue weighted by Gasteiger charge is 2.14. The van der Waals surface area contributed by atoms with E-state index in [1.165, 1.54) is 11.3 Å². The molecule has 1 N–H and O–H groups in total. The number of carboxylic acid groups (broad SMARTS) is 1. The molecule has 0 aliphatic heterocycles. The van der Waals surface area contributed by atoms with E-state index in [-0.39, 0.29) is 0 Å². The number of carboxylic acids is 1. The fourth-order valence-corrected chi connectivity index (χ4v) is 2.15. The van der Waals surface area contributed by atoms with Crippen LogP contribution < -0.4 is 0 Å². The maximum absolute atomic E-state index is 10.8. The van der Waals surface area contributed by atoms with Gasteiger partial charge in [0.25, 0.3) is 0 Å². The highest BCUT2D eigenvalue weighted by atomic mass is 32.1. The fraction of sp³-hybridized carbons (Fsp3) is 0.714. The summed E-state index contributed by atoms with van der Waals surface area (Å²) >= 11 is 1.27.